The van der Waals surface area contributed by atoms with Crippen molar-refractivity contribution >= 4 is 27.8 Å². The Balaban J connectivity index is 1.43. The van der Waals surface area contributed by atoms with Crippen LogP contribution in [0, 0.1) is 0 Å². The van der Waals surface area contributed by atoms with Gasteiger partial charge in [0.05, 0.1) is 5.69 Å². The molecule has 0 fully saturated rings. The number of rotatable bonds is 5. The quantitative estimate of drug-likeness (QED) is 0.175. The van der Waals surface area contributed by atoms with Crippen molar-refractivity contribution in [2.75, 3.05) is 4.90 Å². The minimum Gasteiger partial charge on any atom is -0.310 e. The minimum absolute atomic E-state index is 0.0248. The third-order valence-electron chi connectivity index (χ3n) is 11.2. The van der Waals surface area contributed by atoms with Gasteiger partial charge in [-0.05, 0) is 102 Å². The molecular weight excluding hydrogens is 627 g/mol. The van der Waals surface area contributed by atoms with Crippen LogP contribution >= 0.6 is 0 Å². The molecular formula is C51H49N. The summed E-state index contributed by atoms with van der Waals surface area (Å²) in [4.78, 5) is 2.53. The molecule has 8 rings (SSSR count). The lowest BCUT2D eigenvalue weighted by atomic mass is 9.80. The molecule has 7 aromatic rings. The predicted molar refractivity (Wildman–Crippen MR) is 224 cm³/mol. The number of benzene rings is 7. The first-order chi connectivity index (χ1) is 24.8. The van der Waals surface area contributed by atoms with Gasteiger partial charge < -0.3 is 4.90 Å². The summed E-state index contributed by atoms with van der Waals surface area (Å²) in [5.74, 6) is 0. The van der Waals surface area contributed by atoms with E-state index < -0.39 is 0 Å². The van der Waals surface area contributed by atoms with Crippen molar-refractivity contribution in [3.63, 3.8) is 0 Å². The number of nitrogens with zero attached hydrogens (tertiary/aromatic N) is 1. The summed E-state index contributed by atoms with van der Waals surface area (Å²) in [5, 5.41) is 2.51. The van der Waals surface area contributed by atoms with Gasteiger partial charge in [-0.1, -0.05) is 177 Å². The fraction of sp³-hybridized carbons (Fsp3) is 0.216. The van der Waals surface area contributed by atoms with Crippen LogP contribution in [0.15, 0.2) is 152 Å². The summed E-state index contributed by atoms with van der Waals surface area (Å²) < 4.78 is 0. The van der Waals surface area contributed by atoms with Crippen molar-refractivity contribution in [3.8, 4) is 33.4 Å². The van der Waals surface area contributed by atoms with Gasteiger partial charge in [-0.15, -0.1) is 0 Å². The van der Waals surface area contributed by atoms with Crippen LogP contribution in [0.3, 0.4) is 0 Å². The molecule has 7 aromatic carbocycles. The lowest BCUT2D eigenvalue weighted by Crippen LogP contribution is -2.20. The topological polar surface area (TPSA) is 3.24 Å². The summed E-state index contributed by atoms with van der Waals surface area (Å²) >= 11 is 0. The van der Waals surface area contributed by atoms with Crippen molar-refractivity contribution < 1.29 is 0 Å². The van der Waals surface area contributed by atoms with Gasteiger partial charge in [0, 0.05) is 22.4 Å². The van der Waals surface area contributed by atoms with Crippen LogP contribution in [0.5, 0.6) is 0 Å². The number of hydrogen-bond acceptors (Lipinski definition) is 1. The van der Waals surface area contributed by atoms with Gasteiger partial charge in [0.25, 0.3) is 0 Å². The Kier molecular flexibility index (Phi) is 8.03. The lowest BCUT2D eigenvalue weighted by molar-refractivity contribution is 0.569. The molecule has 52 heavy (non-hydrogen) atoms. The van der Waals surface area contributed by atoms with E-state index >= 15 is 0 Å². The molecule has 1 aliphatic rings. The molecule has 0 amide bonds. The zero-order valence-electron chi connectivity index (χ0n) is 31.9. The molecule has 0 aromatic heterocycles. The summed E-state index contributed by atoms with van der Waals surface area (Å²) in [6.07, 6.45) is 0. The molecule has 0 aliphatic heterocycles. The third-order valence-corrected chi connectivity index (χ3v) is 11.2. The molecule has 258 valence electrons. The maximum Gasteiger partial charge on any atom is 0.0540 e. The highest BCUT2D eigenvalue weighted by Crippen LogP contribution is 2.52. The zero-order chi connectivity index (χ0) is 36.4. The number of para-hydroxylation sites is 1. The largest absolute Gasteiger partial charge is 0.310 e. The highest BCUT2D eigenvalue weighted by Gasteiger charge is 2.36. The molecule has 0 bridgehead atoms. The van der Waals surface area contributed by atoms with Gasteiger partial charge in [-0.2, -0.15) is 0 Å². The zero-order valence-corrected chi connectivity index (χ0v) is 31.9. The molecule has 0 saturated heterocycles. The van der Waals surface area contributed by atoms with Gasteiger partial charge in [0.1, 0.15) is 0 Å². The molecule has 0 atom stereocenters. The van der Waals surface area contributed by atoms with E-state index in [4.69, 9.17) is 0 Å². The second-order valence-corrected chi connectivity index (χ2v) is 17.1. The molecule has 0 heterocycles. The minimum atomic E-state index is -0.114. The average Bonchev–Trinajstić information content (AvgIpc) is 3.36. The summed E-state index contributed by atoms with van der Waals surface area (Å²) in [7, 11) is 0. The SMILES string of the molecule is CC(C)(C)c1cc(N(c2ccc3c(c2)C(C)(C)c2ccccc2-3)c2ccccc2-c2cccc3cccc(-c4ccccc4)c23)cc(C(C)(C)C)c1. The van der Waals surface area contributed by atoms with Crippen LogP contribution in [0.2, 0.25) is 0 Å². The van der Waals surface area contributed by atoms with E-state index in [1.54, 1.807) is 0 Å². The predicted octanol–water partition coefficient (Wildman–Crippen LogP) is 14.5. The van der Waals surface area contributed by atoms with Gasteiger partial charge in [-0.25, -0.2) is 0 Å². The van der Waals surface area contributed by atoms with E-state index in [-0.39, 0.29) is 16.2 Å². The molecule has 1 aliphatic carbocycles. The van der Waals surface area contributed by atoms with Crippen LogP contribution in [0.25, 0.3) is 44.2 Å². The van der Waals surface area contributed by atoms with E-state index in [1.807, 2.05) is 0 Å². The van der Waals surface area contributed by atoms with Gasteiger partial charge in [0.2, 0.25) is 0 Å². The van der Waals surface area contributed by atoms with Crippen molar-refractivity contribution in [2.45, 2.75) is 71.6 Å². The van der Waals surface area contributed by atoms with E-state index in [2.05, 4.69) is 212 Å². The van der Waals surface area contributed by atoms with Crippen LogP contribution in [0.4, 0.5) is 17.1 Å². The molecule has 0 saturated carbocycles. The third kappa shape index (κ3) is 5.73. The molecule has 1 nitrogen and oxygen atoms in total. The molecule has 0 unspecified atom stereocenters. The van der Waals surface area contributed by atoms with Crippen LogP contribution in [0.1, 0.15) is 77.6 Å². The Morgan fingerprint density at radius 2 is 0.981 bits per heavy atom. The fourth-order valence-corrected chi connectivity index (χ4v) is 8.18. The van der Waals surface area contributed by atoms with Crippen LogP contribution in [-0.2, 0) is 16.2 Å². The number of anilines is 3. The Hall–Kier alpha value is -5.40. The van der Waals surface area contributed by atoms with Gasteiger partial charge in [-0.3, -0.25) is 0 Å². The molecule has 0 N–H and O–H groups in total. The van der Waals surface area contributed by atoms with Crippen molar-refractivity contribution in [3.05, 3.63) is 174 Å². The van der Waals surface area contributed by atoms with E-state index in [9.17, 15) is 0 Å². The Morgan fingerprint density at radius 1 is 0.423 bits per heavy atom. The standard InChI is InChI=1S/C51H49N/c1-49(2,3)36-30-37(50(4,5)6)32-39(31-36)52(38-28-29-42-41-22-12-14-26-45(41)51(7,8)46(42)33-38)47-27-15-13-23-43(47)44-25-17-21-35-20-16-24-40(48(35)44)34-18-10-9-11-19-34/h9-33H,1-8H3. The second-order valence-electron chi connectivity index (χ2n) is 17.1. The first kappa shape index (κ1) is 33.7. The Labute approximate surface area is 310 Å². The van der Waals surface area contributed by atoms with E-state index in [0.717, 1.165) is 5.69 Å². The first-order valence-electron chi connectivity index (χ1n) is 18.7. The van der Waals surface area contributed by atoms with Crippen molar-refractivity contribution in [2.24, 2.45) is 0 Å². The normalized spacial score (nSPS) is 13.5. The smallest absolute Gasteiger partial charge is 0.0540 e. The summed E-state index contributed by atoms with van der Waals surface area (Å²) in [5.41, 5.74) is 16.4. The summed E-state index contributed by atoms with van der Waals surface area (Å²) in [6, 6.07) is 56.6. The highest BCUT2D eigenvalue weighted by atomic mass is 15.1. The van der Waals surface area contributed by atoms with Crippen LogP contribution < -0.4 is 4.90 Å². The second kappa shape index (κ2) is 12.4. The van der Waals surface area contributed by atoms with Gasteiger partial charge >= 0.3 is 0 Å². The maximum absolute atomic E-state index is 2.53. The van der Waals surface area contributed by atoms with Gasteiger partial charge in [0.15, 0.2) is 0 Å². The van der Waals surface area contributed by atoms with Crippen LogP contribution in [-0.4, -0.2) is 0 Å². The van der Waals surface area contributed by atoms with Crippen molar-refractivity contribution in [1.82, 2.24) is 0 Å². The number of fused-ring (bicyclic) bond motifs is 4. The lowest BCUT2D eigenvalue weighted by Gasteiger charge is -2.33. The van der Waals surface area contributed by atoms with E-state index in [0.29, 0.717) is 0 Å². The highest BCUT2D eigenvalue weighted by molar-refractivity contribution is 6.08. The fourth-order valence-electron chi connectivity index (χ4n) is 8.18. The molecule has 0 radical (unpaired) electrons. The number of hydrogen-bond donors (Lipinski definition) is 0. The average molecular weight is 676 g/mol. The monoisotopic (exact) mass is 675 g/mol. The Bertz CT molecular complexity index is 2410. The Morgan fingerprint density at radius 3 is 1.65 bits per heavy atom. The van der Waals surface area contributed by atoms with Crippen molar-refractivity contribution in [1.29, 1.82) is 0 Å². The molecule has 1 heteroatoms. The molecule has 0 spiro atoms. The summed E-state index contributed by atoms with van der Waals surface area (Å²) in [6.45, 7) is 18.7. The maximum atomic E-state index is 2.53. The first-order valence-corrected chi connectivity index (χ1v) is 18.7. The van der Waals surface area contributed by atoms with E-state index in [1.165, 1.54) is 77.8 Å².